The summed E-state index contributed by atoms with van der Waals surface area (Å²) in [4.78, 5) is 0. The lowest BCUT2D eigenvalue weighted by molar-refractivity contribution is 0.711. The van der Waals surface area contributed by atoms with Gasteiger partial charge in [0.05, 0.1) is 0 Å². The van der Waals surface area contributed by atoms with Gasteiger partial charge < -0.3 is 5.73 Å². The van der Waals surface area contributed by atoms with Crippen LogP contribution < -0.4 is 5.73 Å². The molecule has 0 saturated heterocycles. The maximum atomic E-state index is 6.36. The molecule has 0 fully saturated rings. The van der Waals surface area contributed by atoms with Crippen LogP contribution >= 0.6 is 15.9 Å². The first-order valence-corrected chi connectivity index (χ1v) is 6.93. The lowest BCUT2D eigenvalue weighted by Gasteiger charge is -2.17. The van der Waals surface area contributed by atoms with Crippen molar-refractivity contribution in [1.29, 1.82) is 0 Å². The van der Waals surface area contributed by atoms with Gasteiger partial charge in [-0.2, -0.15) is 0 Å². The monoisotopic (exact) mass is 303 g/mol. The largest absolute Gasteiger partial charge is 0.324 e. The Morgan fingerprint density at radius 1 is 1.00 bits per heavy atom. The van der Waals surface area contributed by atoms with Crippen LogP contribution in [0.3, 0.4) is 0 Å². The summed E-state index contributed by atoms with van der Waals surface area (Å²) in [6.07, 6.45) is 0.874. The van der Waals surface area contributed by atoms with Gasteiger partial charge in [0.25, 0.3) is 0 Å². The number of hydrogen-bond donors (Lipinski definition) is 1. The molecule has 94 valence electrons. The third-order valence-electron chi connectivity index (χ3n) is 3.28. The fraction of sp³-hybridized carbons (Fsp3) is 0.250. The summed E-state index contributed by atoms with van der Waals surface area (Å²) in [5.74, 6) is 0. The van der Waals surface area contributed by atoms with Crippen molar-refractivity contribution in [3.8, 4) is 0 Å². The first-order chi connectivity index (χ1) is 8.58. The Morgan fingerprint density at radius 3 is 2.11 bits per heavy atom. The molecule has 0 spiro atoms. The number of aryl methyl sites for hydroxylation is 2. The third kappa shape index (κ3) is 3.01. The molecule has 0 aliphatic heterocycles. The van der Waals surface area contributed by atoms with E-state index in [1.807, 2.05) is 0 Å². The SMILES string of the molecule is Cc1cccc(C)c1C(N)Cc1ccc(Br)cc1. The summed E-state index contributed by atoms with van der Waals surface area (Å²) >= 11 is 3.45. The second-order valence-electron chi connectivity index (χ2n) is 4.74. The highest BCUT2D eigenvalue weighted by molar-refractivity contribution is 9.10. The molecule has 2 N–H and O–H groups in total. The first-order valence-electron chi connectivity index (χ1n) is 6.14. The van der Waals surface area contributed by atoms with Crippen LogP contribution in [-0.4, -0.2) is 0 Å². The van der Waals surface area contributed by atoms with E-state index < -0.39 is 0 Å². The Morgan fingerprint density at radius 2 is 1.56 bits per heavy atom. The van der Waals surface area contributed by atoms with Gasteiger partial charge >= 0.3 is 0 Å². The second-order valence-corrected chi connectivity index (χ2v) is 5.66. The predicted molar refractivity (Wildman–Crippen MR) is 80.7 cm³/mol. The topological polar surface area (TPSA) is 26.0 Å². The van der Waals surface area contributed by atoms with Gasteiger partial charge in [-0.1, -0.05) is 46.3 Å². The molecule has 0 aliphatic carbocycles. The minimum atomic E-state index is 0.0624. The zero-order valence-electron chi connectivity index (χ0n) is 10.8. The summed E-state index contributed by atoms with van der Waals surface area (Å²) < 4.78 is 1.10. The van der Waals surface area contributed by atoms with Gasteiger partial charge in [-0.15, -0.1) is 0 Å². The van der Waals surface area contributed by atoms with Crippen molar-refractivity contribution in [1.82, 2.24) is 0 Å². The van der Waals surface area contributed by atoms with Crippen LogP contribution in [0.2, 0.25) is 0 Å². The van der Waals surface area contributed by atoms with Crippen molar-refractivity contribution in [2.45, 2.75) is 26.3 Å². The van der Waals surface area contributed by atoms with Crippen LogP contribution in [0.1, 0.15) is 28.3 Å². The normalized spacial score (nSPS) is 12.4. The Hall–Kier alpha value is -1.12. The molecule has 0 aromatic heterocycles. The molecule has 2 aromatic rings. The number of nitrogens with two attached hydrogens (primary N) is 1. The van der Waals surface area contributed by atoms with E-state index >= 15 is 0 Å². The van der Waals surface area contributed by atoms with Gasteiger partial charge in [0.15, 0.2) is 0 Å². The van der Waals surface area contributed by atoms with E-state index in [0.29, 0.717) is 0 Å². The molecule has 0 amide bonds. The van der Waals surface area contributed by atoms with E-state index in [0.717, 1.165) is 10.9 Å². The molecular weight excluding hydrogens is 286 g/mol. The van der Waals surface area contributed by atoms with Crippen molar-refractivity contribution < 1.29 is 0 Å². The lowest BCUT2D eigenvalue weighted by atomic mass is 9.92. The third-order valence-corrected chi connectivity index (χ3v) is 3.81. The maximum absolute atomic E-state index is 6.36. The smallest absolute Gasteiger partial charge is 0.0341 e. The summed E-state index contributed by atoms with van der Waals surface area (Å²) in [5.41, 5.74) is 11.5. The Balaban J connectivity index is 2.22. The molecule has 0 bridgehead atoms. The van der Waals surface area contributed by atoms with Crippen LogP contribution in [0.25, 0.3) is 0 Å². The zero-order chi connectivity index (χ0) is 13.1. The minimum Gasteiger partial charge on any atom is -0.324 e. The fourth-order valence-electron chi connectivity index (χ4n) is 2.39. The predicted octanol–water partition coefficient (Wildman–Crippen LogP) is 4.31. The zero-order valence-corrected chi connectivity index (χ0v) is 12.4. The molecule has 1 nitrogen and oxygen atoms in total. The summed E-state index contributed by atoms with van der Waals surface area (Å²) in [6.45, 7) is 4.26. The molecule has 0 heterocycles. The van der Waals surface area contributed by atoms with Crippen LogP contribution in [-0.2, 0) is 6.42 Å². The Labute approximate surface area is 117 Å². The van der Waals surface area contributed by atoms with Gasteiger partial charge in [-0.3, -0.25) is 0 Å². The van der Waals surface area contributed by atoms with Crippen LogP contribution in [0.4, 0.5) is 0 Å². The highest BCUT2D eigenvalue weighted by atomic mass is 79.9. The van der Waals surface area contributed by atoms with Crippen molar-refractivity contribution in [3.05, 3.63) is 69.2 Å². The van der Waals surface area contributed by atoms with E-state index in [1.54, 1.807) is 0 Å². The summed E-state index contributed by atoms with van der Waals surface area (Å²) in [6, 6.07) is 14.8. The van der Waals surface area contributed by atoms with Gasteiger partial charge in [0, 0.05) is 10.5 Å². The quantitative estimate of drug-likeness (QED) is 0.898. The van der Waals surface area contributed by atoms with Gasteiger partial charge in [0.1, 0.15) is 0 Å². The summed E-state index contributed by atoms with van der Waals surface area (Å²) in [7, 11) is 0. The number of halogens is 1. The lowest BCUT2D eigenvalue weighted by Crippen LogP contribution is -2.16. The van der Waals surface area contributed by atoms with E-state index in [-0.39, 0.29) is 6.04 Å². The first kappa shape index (κ1) is 13.3. The molecule has 0 saturated carbocycles. The van der Waals surface area contributed by atoms with Gasteiger partial charge in [-0.25, -0.2) is 0 Å². The van der Waals surface area contributed by atoms with Crippen LogP contribution in [0.15, 0.2) is 46.9 Å². The van der Waals surface area contributed by atoms with E-state index in [4.69, 9.17) is 5.73 Å². The summed E-state index contributed by atoms with van der Waals surface area (Å²) in [5, 5.41) is 0. The highest BCUT2D eigenvalue weighted by Crippen LogP contribution is 2.23. The molecule has 2 rings (SSSR count). The highest BCUT2D eigenvalue weighted by Gasteiger charge is 2.12. The van der Waals surface area contributed by atoms with Crippen LogP contribution in [0, 0.1) is 13.8 Å². The Kier molecular flexibility index (Phi) is 4.20. The van der Waals surface area contributed by atoms with E-state index in [9.17, 15) is 0 Å². The second kappa shape index (κ2) is 5.68. The molecule has 2 heteroatoms. The van der Waals surface area contributed by atoms with Crippen LogP contribution in [0.5, 0.6) is 0 Å². The standard InChI is InChI=1S/C16H18BrN/c1-11-4-3-5-12(2)16(11)15(18)10-13-6-8-14(17)9-7-13/h3-9,15H,10,18H2,1-2H3. The Bertz CT molecular complexity index is 511. The molecule has 1 atom stereocenters. The number of rotatable bonds is 3. The van der Waals surface area contributed by atoms with Crippen molar-refractivity contribution in [3.63, 3.8) is 0 Å². The maximum Gasteiger partial charge on any atom is 0.0341 e. The van der Waals surface area contributed by atoms with Gasteiger partial charge in [-0.05, 0) is 54.7 Å². The van der Waals surface area contributed by atoms with E-state index in [1.165, 1.54) is 22.3 Å². The van der Waals surface area contributed by atoms with Gasteiger partial charge in [0.2, 0.25) is 0 Å². The van der Waals surface area contributed by atoms with Crippen molar-refractivity contribution in [2.75, 3.05) is 0 Å². The molecule has 0 aliphatic rings. The van der Waals surface area contributed by atoms with Crippen molar-refractivity contribution >= 4 is 15.9 Å². The fourth-order valence-corrected chi connectivity index (χ4v) is 2.65. The minimum absolute atomic E-state index is 0.0624. The molecule has 2 aromatic carbocycles. The molecule has 18 heavy (non-hydrogen) atoms. The molecule has 0 radical (unpaired) electrons. The average molecular weight is 304 g/mol. The average Bonchev–Trinajstić information content (AvgIpc) is 2.32. The number of hydrogen-bond acceptors (Lipinski definition) is 1. The van der Waals surface area contributed by atoms with E-state index in [2.05, 4.69) is 72.2 Å². The van der Waals surface area contributed by atoms with Crippen molar-refractivity contribution in [2.24, 2.45) is 5.73 Å². The number of benzene rings is 2. The molecule has 1 unspecified atom stereocenters. The molecular formula is C16H18BrN.